The Morgan fingerprint density at radius 1 is 1.30 bits per heavy atom. The summed E-state index contributed by atoms with van der Waals surface area (Å²) in [6.45, 7) is 1.63. The minimum atomic E-state index is 0.492. The molecule has 104 valence electrons. The molecule has 1 N–H and O–H groups in total. The van der Waals surface area contributed by atoms with Crippen molar-refractivity contribution >= 4 is 17.4 Å². The van der Waals surface area contributed by atoms with Crippen LogP contribution in [0.4, 0.5) is 5.82 Å². The maximum Gasteiger partial charge on any atom is 0.152 e. The first-order chi connectivity index (χ1) is 9.79. The second-order valence-corrected chi connectivity index (χ2v) is 5.74. The molecule has 1 aliphatic heterocycles. The Balaban J connectivity index is 1.51. The van der Waals surface area contributed by atoms with E-state index in [1.807, 2.05) is 0 Å². The molecule has 0 unspecified atom stereocenters. The summed E-state index contributed by atoms with van der Waals surface area (Å²) in [6, 6.07) is 1.76. The van der Waals surface area contributed by atoms with Crippen molar-refractivity contribution in [2.45, 2.75) is 44.7 Å². The fourth-order valence-corrected chi connectivity index (χ4v) is 2.75. The van der Waals surface area contributed by atoms with Gasteiger partial charge in [-0.25, -0.2) is 9.97 Å². The molecule has 2 aromatic rings. The summed E-state index contributed by atoms with van der Waals surface area (Å²) in [5, 5.41) is 12.2. The van der Waals surface area contributed by atoms with E-state index in [-0.39, 0.29) is 0 Å². The van der Waals surface area contributed by atoms with Crippen LogP contribution in [0.5, 0.6) is 0 Å². The van der Waals surface area contributed by atoms with Crippen LogP contribution in [-0.4, -0.2) is 24.7 Å². The number of hydrogen-bond acceptors (Lipinski definition) is 5. The summed E-state index contributed by atoms with van der Waals surface area (Å²) in [5.74, 6) is 4.15. The minimum absolute atomic E-state index is 0.492. The Morgan fingerprint density at radius 3 is 3.05 bits per heavy atom. The molecule has 0 saturated heterocycles. The van der Waals surface area contributed by atoms with Crippen LogP contribution < -0.4 is 5.32 Å². The summed E-state index contributed by atoms with van der Waals surface area (Å²) in [6.07, 6.45) is 4.51. The molecule has 1 saturated carbocycles. The van der Waals surface area contributed by atoms with E-state index in [4.69, 9.17) is 11.6 Å². The van der Waals surface area contributed by atoms with Crippen molar-refractivity contribution in [2.75, 3.05) is 5.32 Å². The molecule has 1 aliphatic carbocycles. The van der Waals surface area contributed by atoms with E-state index in [0.29, 0.717) is 17.6 Å². The summed E-state index contributed by atoms with van der Waals surface area (Å²) in [4.78, 5) is 8.80. The van der Waals surface area contributed by atoms with E-state index < -0.39 is 0 Å². The van der Waals surface area contributed by atoms with E-state index in [0.717, 1.165) is 55.5 Å². The zero-order valence-electron chi connectivity index (χ0n) is 11.0. The van der Waals surface area contributed by atoms with Gasteiger partial charge in [-0.15, -0.1) is 10.2 Å². The van der Waals surface area contributed by atoms with Gasteiger partial charge < -0.3 is 9.88 Å². The van der Waals surface area contributed by atoms with Gasteiger partial charge in [0.25, 0.3) is 0 Å². The summed E-state index contributed by atoms with van der Waals surface area (Å²) in [7, 11) is 0. The highest BCUT2D eigenvalue weighted by molar-refractivity contribution is 6.29. The number of halogens is 1. The maximum absolute atomic E-state index is 6.05. The molecule has 0 amide bonds. The quantitative estimate of drug-likeness (QED) is 0.874. The predicted octanol–water partition coefficient (Wildman–Crippen LogP) is 2.16. The van der Waals surface area contributed by atoms with Gasteiger partial charge in [-0.05, 0) is 19.3 Å². The van der Waals surface area contributed by atoms with Crippen molar-refractivity contribution in [1.82, 2.24) is 24.7 Å². The third kappa shape index (κ3) is 2.24. The van der Waals surface area contributed by atoms with Crippen molar-refractivity contribution in [3.8, 4) is 0 Å². The van der Waals surface area contributed by atoms with Gasteiger partial charge in [-0.3, -0.25) is 0 Å². The van der Waals surface area contributed by atoms with Gasteiger partial charge in [0.15, 0.2) is 5.82 Å². The molecule has 2 aromatic heterocycles. The predicted molar refractivity (Wildman–Crippen MR) is 74.7 cm³/mol. The van der Waals surface area contributed by atoms with Gasteiger partial charge >= 0.3 is 0 Å². The highest BCUT2D eigenvalue weighted by Crippen LogP contribution is 2.38. The van der Waals surface area contributed by atoms with Crippen LogP contribution in [0.3, 0.4) is 0 Å². The normalized spacial score (nSPS) is 17.2. The van der Waals surface area contributed by atoms with Crippen molar-refractivity contribution in [2.24, 2.45) is 0 Å². The van der Waals surface area contributed by atoms with Gasteiger partial charge in [0, 0.05) is 24.9 Å². The molecule has 0 spiro atoms. The van der Waals surface area contributed by atoms with Gasteiger partial charge in [-0.2, -0.15) is 0 Å². The van der Waals surface area contributed by atoms with Crippen LogP contribution >= 0.6 is 11.6 Å². The molecule has 20 heavy (non-hydrogen) atoms. The van der Waals surface area contributed by atoms with E-state index in [1.165, 1.54) is 0 Å². The molecular formula is C13H15ClN6. The average molecular weight is 291 g/mol. The molecule has 2 aliphatic rings. The molecular weight excluding hydrogens is 276 g/mol. The Bertz CT molecular complexity index is 648. The van der Waals surface area contributed by atoms with Crippen LogP contribution in [0.1, 0.15) is 42.7 Å². The van der Waals surface area contributed by atoms with Gasteiger partial charge in [0.1, 0.15) is 22.6 Å². The smallest absolute Gasteiger partial charge is 0.152 e. The maximum atomic E-state index is 6.05. The van der Waals surface area contributed by atoms with E-state index in [9.17, 15) is 0 Å². The third-order valence-corrected chi connectivity index (χ3v) is 3.96. The second kappa shape index (κ2) is 4.70. The van der Waals surface area contributed by atoms with Crippen molar-refractivity contribution in [3.05, 3.63) is 28.7 Å². The lowest BCUT2D eigenvalue weighted by Crippen LogP contribution is -2.09. The Labute approximate surface area is 121 Å². The molecule has 0 atom stereocenters. The van der Waals surface area contributed by atoms with E-state index in [1.54, 1.807) is 6.07 Å². The number of anilines is 1. The lowest BCUT2D eigenvalue weighted by Gasteiger charge is -2.08. The first kappa shape index (κ1) is 12.1. The number of fused-ring (bicyclic) bond motifs is 1. The largest absolute Gasteiger partial charge is 0.363 e. The monoisotopic (exact) mass is 290 g/mol. The minimum Gasteiger partial charge on any atom is -0.363 e. The number of rotatable bonds is 4. The molecule has 3 heterocycles. The van der Waals surface area contributed by atoms with Gasteiger partial charge in [0.05, 0.1) is 6.54 Å². The van der Waals surface area contributed by atoms with Crippen LogP contribution in [-0.2, 0) is 19.5 Å². The molecule has 1 fully saturated rings. The Kier molecular flexibility index (Phi) is 2.84. The van der Waals surface area contributed by atoms with Gasteiger partial charge in [0.2, 0.25) is 0 Å². The highest BCUT2D eigenvalue weighted by Gasteiger charge is 2.27. The molecule has 0 radical (unpaired) electrons. The zero-order valence-corrected chi connectivity index (χ0v) is 11.8. The average Bonchev–Trinajstić information content (AvgIpc) is 3.05. The standard InChI is InChI=1S/C13H15ClN6/c14-9-6-10(17-13(16-9)8-3-4-8)15-7-12-19-18-11-2-1-5-20(11)12/h6,8H,1-5,7H2,(H,15,16,17). The molecule has 7 heteroatoms. The molecule has 0 aromatic carbocycles. The van der Waals surface area contributed by atoms with Crippen LogP contribution in [0, 0.1) is 0 Å². The fourth-order valence-electron chi connectivity index (χ4n) is 2.56. The van der Waals surface area contributed by atoms with E-state index in [2.05, 4.69) is 30.0 Å². The van der Waals surface area contributed by atoms with Crippen molar-refractivity contribution in [3.63, 3.8) is 0 Å². The number of nitrogens with one attached hydrogen (secondary N) is 1. The Morgan fingerprint density at radius 2 is 2.20 bits per heavy atom. The highest BCUT2D eigenvalue weighted by atomic mass is 35.5. The number of aryl methyl sites for hydroxylation is 1. The third-order valence-electron chi connectivity index (χ3n) is 3.77. The topological polar surface area (TPSA) is 68.5 Å². The lowest BCUT2D eigenvalue weighted by molar-refractivity contribution is 0.695. The first-order valence-corrected chi connectivity index (χ1v) is 7.37. The van der Waals surface area contributed by atoms with Crippen LogP contribution in [0.25, 0.3) is 0 Å². The first-order valence-electron chi connectivity index (χ1n) is 6.99. The fraction of sp³-hybridized carbons (Fsp3) is 0.538. The van der Waals surface area contributed by atoms with Crippen molar-refractivity contribution in [1.29, 1.82) is 0 Å². The van der Waals surface area contributed by atoms with Gasteiger partial charge in [-0.1, -0.05) is 11.6 Å². The molecule has 6 nitrogen and oxygen atoms in total. The molecule has 0 bridgehead atoms. The lowest BCUT2D eigenvalue weighted by atomic mass is 10.4. The van der Waals surface area contributed by atoms with E-state index >= 15 is 0 Å². The zero-order chi connectivity index (χ0) is 13.5. The molecule has 4 rings (SSSR count). The number of nitrogens with zero attached hydrogens (tertiary/aromatic N) is 5. The summed E-state index contributed by atoms with van der Waals surface area (Å²) >= 11 is 6.05. The second-order valence-electron chi connectivity index (χ2n) is 5.35. The number of aromatic nitrogens is 5. The Hall–Kier alpha value is -1.69. The van der Waals surface area contributed by atoms with Crippen molar-refractivity contribution < 1.29 is 0 Å². The summed E-state index contributed by atoms with van der Waals surface area (Å²) < 4.78 is 2.18. The van der Waals surface area contributed by atoms with Crippen LogP contribution in [0.2, 0.25) is 5.15 Å². The van der Waals surface area contributed by atoms with Crippen LogP contribution in [0.15, 0.2) is 6.07 Å². The summed E-state index contributed by atoms with van der Waals surface area (Å²) in [5.41, 5.74) is 0. The number of hydrogen-bond donors (Lipinski definition) is 1. The SMILES string of the molecule is Clc1cc(NCc2nnc3n2CCC3)nc(C2CC2)n1.